The summed E-state index contributed by atoms with van der Waals surface area (Å²) in [6, 6.07) is 5.70. The third-order valence-corrected chi connectivity index (χ3v) is 4.62. The molecule has 0 fully saturated rings. The molecule has 0 aliphatic carbocycles. The summed E-state index contributed by atoms with van der Waals surface area (Å²) in [7, 11) is -2.60. The van der Waals surface area contributed by atoms with E-state index in [-0.39, 0.29) is 0 Å². The smallest absolute Gasteiger partial charge is 0.284 e. The van der Waals surface area contributed by atoms with Crippen LogP contribution >= 0.6 is 11.3 Å². The van der Waals surface area contributed by atoms with Crippen LogP contribution in [-0.2, 0) is 10.1 Å². The average Bonchev–Trinajstić information content (AvgIpc) is 2.77. The zero-order valence-corrected chi connectivity index (χ0v) is 13.3. The number of ether oxygens (including phenoxy) is 1. The van der Waals surface area contributed by atoms with Crippen molar-refractivity contribution >= 4 is 36.8 Å². The number of hydrogen-bond acceptors (Lipinski definition) is 6. The van der Waals surface area contributed by atoms with E-state index in [1.165, 1.54) is 0 Å². The van der Waals surface area contributed by atoms with Crippen molar-refractivity contribution < 1.29 is 23.0 Å². The minimum Gasteiger partial charge on any atom is -0.748 e. The first-order chi connectivity index (χ1) is 9.87. The largest absolute Gasteiger partial charge is 0.748 e. The molecule has 0 aliphatic rings. The van der Waals surface area contributed by atoms with Crippen LogP contribution < -0.4 is 10.1 Å². The van der Waals surface area contributed by atoms with Crippen molar-refractivity contribution in [1.82, 2.24) is 4.98 Å². The molecule has 2 rings (SSSR count). The van der Waals surface area contributed by atoms with Gasteiger partial charge in [0.15, 0.2) is 0 Å². The Balaban J connectivity index is 2.02. The molecule has 0 atom stereocenters. The van der Waals surface area contributed by atoms with Gasteiger partial charge in [-0.3, -0.25) is 5.32 Å². The van der Waals surface area contributed by atoms with Gasteiger partial charge in [-0.1, -0.05) is 16.9 Å². The van der Waals surface area contributed by atoms with E-state index in [9.17, 15) is 13.0 Å². The molecule has 114 valence electrons. The van der Waals surface area contributed by atoms with Crippen molar-refractivity contribution in [3.05, 3.63) is 29.8 Å². The lowest BCUT2D eigenvalue weighted by Crippen LogP contribution is -2.77. The van der Waals surface area contributed by atoms with Crippen LogP contribution in [0.5, 0.6) is 5.75 Å². The van der Waals surface area contributed by atoms with Gasteiger partial charge in [0.1, 0.15) is 12.3 Å². The molecular formula is C13H16N2O4S2. The Morgan fingerprint density at radius 2 is 2.29 bits per heavy atom. The second-order valence-corrected chi connectivity index (χ2v) is 7.04. The Kier molecular flexibility index (Phi) is 4.94. The quantitative estimate of drug-likeness (QED) is 0.630. The zero-order chi connectivity index (χ0) is 15.5. The third kappa shape index (κ3) is 4.78. The lowest BCUT2D eigenvalue weighted by Gasteiger charge is -2.05. The number of hydrogen-bond donors (Lipinski definition) is 1. The molecule has 0 amide bonds. The predicted molar refractivity (Wildman–Crippen MR) is 80.9 cm³/mol. The fourth-order valence-corrected chi connectivity index (χ4v) is 3.41. The summed E-state index contributed by atoms with van der Waals surface area (Å²) in [4.78, 5) is 4.47. The van der Waals surface area contributed by atoms with Crippen molar-refractivity contribution in [2.24, 2.45) is 0 Å². The van der Waals surface area contributed by atoms with Gasteiger partial charge in [0, 0.05) is 6.07 Å². The Hall–Kier alpha value is -1.48. The Morgan fingerprint density at radius 3 is 2.95 bits per heavy atom. The molecule has 2 aromatic rings. The maximum absolute atomic E-state index is 10.6. The maximum Gasteiger partial charge on any atom is 0.284 e. The number of benzene rings is 1. The van der Waals surface area contributed by atoms with Crippen molar-refractivity contribution in [2.45, 2.75) is 6.92 Å². The number of fused-ring (bicyclic) bond motifs is 1. The van der Waals surface area contributed by atoms with E-state index in [0.717, 1.165) is 21.1 Å². The number of aromatic nitrogens is 1. The number of nitrogens with two attached hydrogens (primary N) is 1. The molecular weight excluding hydrogens is 312 g/mol. The highest BCUT2D eigenvalue weighted by molar-refractivity contribution is 7.85. The molecule has 1 heterocycles. The Labute approximate surface area is 127 Å². The molecule has 1 aromatic carbocycles. The van der Waals surface area contributed by atoms with E-state index in [2.05, 4.69) is 4.98 Å². The van der Waals surface area contributed by atoms with Crippen LogP contribution in [0.2, 0.25) is 0 Å². The average molecular weight is 328 g/mol. The SMILES string of the molecule is COc1ccc2sc([NH2+]C/C=C(/C)CS(=O)(=O)[O-])nc2c1. The molecule has 1 aromatic heterocycles. The maximum atomic E-state index is 10.6. The molecule has 0 bridgehead atoms. The van der Waals surface area contributed by atoms with Crippen molar-refractivity contribution in [1.29, 1.82) is 0 Å². The number of quaternary nitrogens is 1. The fourth-order valence-electron chi connectivity index (χ4n) is 1.84. The van der Waals surface area contributed by atoms with E-state index in [0.29, 0.717) is 12.1 Å². The molecule has 0 saturated carbocycles. The number of thiazole rings is 1. The summed E-state index contributed by atoms with van der Waals surface area (Å²) in [6.45, 7) is 2.17. The van der Waals surface area contributed by atoms with Gasteiger partial charge in [-0.15, -0.1) is 0 Å². The molecule has 0 saturated heterocycles. The van der Waals surface area contributed by atoms with Crippen LogP contribution in [0, 0.1) is 0 Å². The first-order valence-electron chi connectivity index (χ1n) is 6.24. The van der Waals surface area contributed by atoms with E-state index in [1.54, 1.807) is 31.4 Å². The van der Waals surface area contributed by atoms with Crippen LogP contribution in [0.25, 0.3) is 10.2 Å². The summed E-state index contributed by atoms with van der Waals surface area (Å²) in [5.41, 5.74) is 1.41. The highest BCUT2D eigenvalue weighted by Gasteiger charge is 2.07. The van der Waals surface area contributed by atoms with Gasteiger partial charge in [-0.25, -0.2) is 8.42 Å². The Bertz CT molecular complexity index is 766. The summed E-state index contributed by atoms with van der Waals surface area (Å²) in [5, 5.41) is 2.75. The van der Waals surface area contributed by atoms with Gasteiger partial charge in [-0.05, 0) is 25.1 Å². The van der Waals surface area contributed by atoms with E-state index >= 15 is 0 Å². The van der Waals surface area contributed by atoms with Crippen LogP contribution in [0.15, 0.2) is 29.8 Å². The van der Waals surface area contributed by atoms with Gasteiger partial charge < -0.3 is 9.29 Å². The number of nitrogens with zero attached hydrogens (tertiary/aromatic N) is 1. The summed E-state index contributed by atoms with van der Waals surface area (Å²) >= 11 is 1.55. The molecule has 2 N–H and O–H groups in total. The minimum absolute atomic E-state index is 0.447. The summed E-state index contributed by atoms with van der Waals surface area (Å²) < 4.78 is 38.1. The van der Waals surface area contributed by atoms with Gasteiger partial charge in [0.2, 0.25) is 0 Å². The minimum atomic E-state index is -4.21. The van der Waals surface area contributed by atoms with Gasteiger partial charge in [-0.2, -0.15) is 4.98 Å². The Morgan fingerprint density at radius 1 is 1.52 bits per heavy atom. The molecule has 0 radical (unpaired) electrons. The van der Waals surface area contributed by atoms with Gasteiger partial charge in [0.25, 0.3) is 5.13 Å². The standard InChI is InChI=1S/C13H16N2O4S2/c1-9(8-21(16,17)18)5-6-14-13-15-11-7-10(19-2)3-4-12(11)20-13/h3-5,7H,6,8H2,1-2H3,(H,14,15)(H,16,17,18)/b9-5-. The number of methoxy groups -OCH3 is 1. The topological polar surface area (TPSA) is 95.9 Å². The van der Waals surface area contributed by atoms with E-state index < -0.39 is 15.9 Å². The molecule has 0 unspecified atom stereocenters. The summed E-state index contributed by atoms with van der Waals surface area (Å²) in [5.74, 6) is 0.313. The van der Waals surface area contributed by atoms with Crippen molar-refractivity contribution in [3.8, 4) is 5.75 Å². The van der Waals surface area contributed by atoms with Crippen LogP contribution in [0.3, 0.4) is 0 Å². The lowest BCUT2D eigenvalue weighted by atomic mass is 10.3. The third-order valence-electron chi connectivity index (χ3n) is 2.77. The predicted octanol–water partition coefficient (Wildman–Crippen LogP) is 0.991. The number of rotatable bonds is 6. The highest BCUT2D eigenvalue weighted by atomic mass is 32.2. The summed E-state index contributed by atoms with van der Waals surface area (Å²) in [6.07, 6.45) is 1.72. The van der Waals surface area contributed by atoms with Crippen LogP contribution in [0.1, 0.15) is 6.92 Å². The highest BCUT2D eigenvalue weighted by Crippen LogP contribution is 2.26. The van der Waals surface area contributed by atoms with Gasteiger partial charge >= 0.3 is 0 Å². The molecule has 21 heavy (non-hydrogen) atoms. The first-order valence-corrected chi connectivity index (χ1v) is 8.64. The van der Waals surface area contributed by atoms with E-state index in [1.807, 2.05) is 23.5 Å². The molecule has 8 heteroatoms. The zero-order valence-electron chi connectivity index (χ0n) is 11.7. The van der Waals surface area contributed by atoms with Crippen molar-refractivity contribution in [3.63, 3.8) is 0 Å². The van der Waals surface area contributed by atoms with Crippen molar-refractivity contribution in [2.75, 3.05) is 19.4 Å². The lowest BCUT2D eigenvalue weighted by molar-refractivity contribution is -0.560. The second-order valence-electron chi connectivity index (χ2n) is 4.58. The van der Waals surface area contributed by atoms with Crippen LogP contribution in [-0.4, -0.2) is 37.4 Å². The normalized spacial score (nSPS) is 12.8. The fraction of sp³-hybridized carbons (Fsp3) is 0.308. The second kappa shape index (κ2) is 6.52. The monoisotopic (exact) mass is 328 g/mol. The van der Waals surface area contributed by atoms with Crippen LogP contribution in [0.4, 0.5) is 5.13 Å². The molecule has 6 nitrogen and oxygen atoms in total. The molecule has 0 aliphatic heterocycles. The van der Waals surface area contributed by atoms with E-state index in [4.69, 9.17) is 4.74 Å². The van der Waals surface area contributed by atoms with Gasteiger partial charge in [0.05, 0.1) is 33.2 Å². The molecule has 0 spiro atoms. The first kappa shape index (κ1) is 15.9.